The van der Waals surface area contributed by atoms with Crippen molar-refractivity contribution in [3.8, 4) is 0 Å². The van der Waals surface area contributed by atoms with Crippen molar-refractivity contribution in [1.29, 1.82) is 0 Å². The van der Waals surface area contributed by atoms with E-state index in [2.05, 4.69) is 0 Å². The van der Waals surface area contributed by atoms with Gasteiger partial charge in [-0.25, -0.2) is 4.39 Å². The molecule has 0 saturated heterocycles. The predicted octanol–water partition coefficient (Wildman–Crippen LogP) is -0.234. The van der Waals surface area contributed by atoms with Crippen LogP contribution in [0.1, 0.15) is 6.42 Å². The molecule has 1 aliphatic rings. The summed E-state index contributed by atoms with van der Waals surface area (Å²) < 4.78 is 28.3. The lowest BCUT2D eigenvalue weighted by atomic mass is 10.0. The van der Waals surface area contributed by atoms with Crippen LogP contribution in [0.2, 0.25) is 0 Å². The minimum absolute atomic E-state index is 0.155. The van der Waals surface area contributed by atoms with E-state index in [1.807, 2.05) is 0 Å². The summed E-state index contributed by atoms with van der Waals surface area (Å²) in [6.07, 6.45) is 0.652. The third kappa shape index (κ3) is 3.61. The van der Waals surface area contributed by atoms with Crippen LogP contribution in [-0.2, 0) is 9.30 Å². The van der Waals surface area contributed by atoms with E-state index in [0.29, 0.717) is 0 Å². The fourth-order valence-corrected chi connectivity index (χ4v) is 1.72. The molecule has 0 amide bonds. The molecule has 0 saturated carbocycles. The third-order valence-electron chi connectivity index (χ3n) is 1.82. The standard InChI is InChI=1S/C6H11BFO4P/c7-6-5(8)3-4(12-6)1-2-13(9,10)11/h3-4,6H,1-2,7H2,(H2,9,10,11). The van der Waals surface area contributed by atoms with Crippen LogP contribution in [0.3, 0.4) is 0 Å². The number of halogens is 1. The van der Waals surface area contributed by atoms with Crippen LogP contribution in [-0.4, -0.2) is 35.9 Å². The first-order chi connectivity index (χ1) is 5.88. The Morgan fingerprint density at radius 2 is 2.31 bits per heavy atom. The molecule has 7 heteroatoms. The predicted molar refractivity (Wildman–Crippen MR) is 47.9 cm³/mol. The first-order valence-electron chi connectivity index (χ1n) is 3.96. The minimum atomic E-state index is -3.99. The quantitative estimate of drug-likeness (QED) is 0.496. The van der Waals surface area contributed by atoms with E-state index >= 15 is 0 Å². The second-order valence-electron chi connectivity index (χ2n) is 3.05. The molecular formula is C6H11BFO4P. The van der Waals surface area contributed by atoms with Crippen LogP contribution in [0.4, 0.5) is 4.39 Å². The average molecular weight is 208 g/mol. The number of hydrogen-bond acceptors (Lipinski definition) is 2. The molecule has 1 heterocycles. The molecular weight excluding hydrogens is 197 g/mol. The van der Waals surface area contributed by atoms with Crippen LogP contribution in [0.25, 0.3) is 0 Å². The molecule has 0 aliphatic carbocycles. The van der Waals surface area contributed by atoms with Crippen molar-refractivity contribution in [1.82, 2.24) is 0 Å². The van der Waals surface area contributed by atoms with Crippen LogP contribution in [0.5, 0.6) is 0 Å². The highest BCUT2D eigenvalue weighted by atomic mass is 31.2. The van der Waals surface area contributed by atoms with Gasteiger partial charge in [0.1, 0.15) is 13.7 Å². The Labute approximate surface area is 76.4 Å². The lowest BCUT2D eigenvalue weighted by molar-refractivity contribution is 0.0914. The molecule has 2 atom stereocenters. The van der Waals surface area contributed by atoms with E-state index in [-0.39, 0.29) is 18.4 Å². The summed E-state index contributed by atoms with van der Waals surface area (Å²) in [7, 11) is -2.43. The maximum Gasteiger partial charge on any atom is 0.325 e. The maximum absolute atomic E-state index is 12.7. The van der Waals surface area contributed by atoms with Crippen molar-refractivity contribution in [2.75, 3.05) is 6.16 Å². The molecule has 0 fully saturated rings. The van der Waals surface area contributed by atoms with Crippen LogP contribution < -0.4 is 0 Å². The first-order valence-corrected chi connectivity index (χ1v) is 5.75. The highest BCUT2D eigenvalue weighted by Gasteiger charge is 2.25. The number of ether oxygens (including phenoxy) is 1. The molecule has 0 spiro atoms. The molecule has 0 radical (unpaired) electrons. The van der Waals surface area contributed by atoms with Crippen molar-refractivity contribution in [3.63, 3.8) is 0 Å². The third-order valence-corrected chi connectivity index (χ3v) is 2.66. The van der Waals surface area contributed by atoms with Crippen LogP contribution in [0, 0.1) is 0 Å². The highest BCUT2D eigenvalue weighted by Crippen LogP contribution is 2.36. The van der Waals surface area contributed by atoms with E-state index in [0.717, 1.165) is 0 Å². The van der Waals surface area contributed by atoms with Gasteiger partial charge in [-0.3, -0.25) is 4.57 Å². The molecule has 2 unspecified atom stereocenters. The normalized spacial score (nSPS) is 29.0. The monoisotopic (exact) mass is 208 g/mol. The zero-order valence-electron chi connectivity index (χ0n) is 7.18. The van der Waals surface area contributed by atoms with Crippen molar-refractivity contribution in [2.24, 2.45) is 0 Å². The Morgan fingerprint density at radius 1 is 1.69 bits per heavy atom. The van der Waals surface area contributed by atoms with Gasteiger partial charge in [0.2, 0.25) is 0 Å². The van der Waals surface area contributed by atoms with E-state index in [1.54, 1.807) is 7.85 Å². The molecule has 2 N–H and O–H groups in total. The Hall–Kier alpha value is -0.155. The van der Waals surface area contributed by atoms with Gasteiger partial charge in [-0.1, -0.05) is 0 Å². The molecule has 0 aromatic rings. The van der Waals surface area contributed by atoms with Gasteiger partial charge in [0.05, 0.1) is 18.3 Å². The lowest BCUT2D eigenvalue weighted by Gasteiger charge is -2.10. The van der Waals surface area contributed by atoms with Gasteiger partial charge in [0, 0.05) is 0 Å². The Bertz CT molecular complexity index is 263. The van der Waals surface area contributed by atoms with E-state index < -0.39 is 19.7 Å². The molecule has 13 heavy (non-hydrogen) atoms. The molecule has 0 aromatic heterocycles. The summed E-state index contributed by atoms with van der Waals surface area (Å²) in [5.41, 5.74) is 0. The largest absolute Gasteiger partial charge is 0.373 e. The minimum Gasteiger partial charge on any atom is -0.373 e. The maximum atomic E-state index is 12.7. The van der Waals surface area contributed by atoms with Gasteiger partial charge in [-0.05, 0) is 12.5 Å². The smallest absolute Gasteiger partial charge is 0.325 e. The molecule has 74 valence electrons. The fourth-order valence-electron chi connectivity index (χ4n) is 1.13. The fraction of sp³-hybridized carbons (Fsp3) is 0.667. The van der Waals surface area contributed by atoms with E-state index in [1.165, 1.54) is 6.08 Å². The summed E-state index contributed by atoms with van der Waals surface area (Å²) in [6.45, 7) is 0. The number of hydrogen-bond donors (Lipinski definition) is 2. The van der Waals surface area contributed by atoms with Crippen molar-refractivity contribution < 1.29 is 23.5 Å². The zero-order valence-corrected chi connectivity index (χ0v) is 8.08. The lowest BCUT2D eigenvalue weighted by Crippen LogP contribution is -2.14. The Balaban J connectivity index is 2.38. The van der Waals surface area contributed by atoms with Gasteiger partial charge in [0.15, 0.2) is 0 Å². The topological polar surface area (TPSA) is 66.8 Å². The summed E-state index contributed by atoms with van der Waals surface area (Å²) in [6, 6.07) is -0.582. The Kier molecular flexibility index (Phi) is 3.30. The average Bonchev–Trinajstić information content (AvgIpc) is 2.27. The van der Waals surface area contributed by atoms with Crippen molar-refractivity contribution >= 4 is 15.4 Å². The van der Waals surface area contributed by atoms with E-state index in [9.17, 15) is 8.96 Å². The van der Waals surface area contributed by atoms with Gasteiger partial charge in [0.25, 0.3) is 0 Å². The van der Waals surface area contributed by atoms with Gasteiger partial charge in [-0.15, -0.1) is 0 Å². The second kappa shape index (κ2) is 3.92. The highest BCUT2D eigenvalue weighted by molar-refractivity contribution is 7.51. The van der Waals surface area contributed by atoms with Gasteiger partial charge < -0.3 is 14.5 Å². The molecule has 1 aliphatic heterocycles. The summed E-state index contributed by atoms with van der Waals surface area (Å²) in [5, 5.41) is 0. The molecule has 0 bridgehead atoms. The molecule has 0 aromatic carbocycles. The van der Waals surface area contributed by atoms with Crippen LogP contribution in [0.15, 0.2) is 11.9 Å². The number of rotatable bonds is 3. The summed E-state index contributed by atoms with van der Waals surface area (Å²) >= 11 is 0. The van der Waals surface area contributed by atoms with Gasteiger partial charge in [-0.2, -0.15) is 0 Å². The summed E-state index contributed by atoms with van der Waals surface area (Å²) in [5.74, 6) is -0.365. The SMILES string of the molecule is BC1OC(CCP(=O)(O)O)C=C1F. The Morgan fingerprint density at radius 3 is 2.69 bits per heavy atom. The zero-order chi connectivity index (χ0) is 10.1. The first kappa shape index (κ1) is 10.9. The van der Waals surface area contributed by atoms with Crippen molar-refractivity contribution in [2.45, 2.75) is 18.5 Å². The second-order valence-corrected chi connectivity index (χ2v) is 4.82. The molecule has 1 rings (SSSR count). The van der Waals surface area contributed by atoms with Crippen molar-refractivity contribution in [3.05, 3.63) is 11.9 Å². The van der Waals surface area contributed by atoms with Crippen LogP contribution >= 0.6 is 7.60 Å². The van der Waals surface area contributed by atoms with E-state index in [4.69, 9.17) is 14.5 Å². The van der Waals surface area contributed by atoms with Gasteiger partial charge >= 0.3 is 7.60 Å². The summed E-state index contributed by atoms with van der Waals surface area (Å²) in [4.78, 5) is 17.1. The molecule has 4 nitrogen and oxygen atoms in total.